The van der Waals surface area contributed by atoms with Crippen molar-refractivity contribution in [3.8, 4) is 0 Å². The summed E-state index contributed by atoms with van der Waals surface area (Å²) in [6.07, 6.45) is 5.08. The fourth-order valence-corrected chi connectivity index (χ4v) is 4.51. The molecular formula is C14H26N2O4S. The molecule has 2 N–H and O–H groups in total. The molecule has 6 nitrogen and oxygen atoms in total. The lowest BCUT2D eigenvalue weighted by atomic mass is 9.85. The van der Waals surface area contributed by atoms with Crippen molar-refractivity contribution < 1.29 is 18.3 Å². The van der Waals surface area contributed by atoms with E-state index in [-0.39, 0.29) is 17.7 Å². The number of carboxylic acids is 1. The summed E-state index contributed by atoms with van der Waals surface area (Å²) in [7, 11) is -3.07. The number of hydrogen-bond donors (Lipinski definition) is 2. The highest BCUT2D eigenvalue weighted by atomic mass is 32.2. The van der Waals surface area contributed by atoms with Gasteiger partial charge in [0.05, 0.1) is 11.7 Å². The molecule has 1 aliphatic carbocycles. The maximum Gasteiger partial charge on any atom is 0.306 e. The quantitative estimate of drug-likeness (QED) is 0.791. The Morgan fingerprint density at radius 2 is 1.86 bits per heavy atom. The van der Waals surface area contributed by atoms with E-state index < -0.39 is 16.0 Å². The molecule has 0 aromatic rings. The van der Waals surface area contributed by atoms with E-state index >= 15 is 0 Å². The van der Waals surface area contributed by atoms with Crippen molar-refractivity contribution >= 4 is 16.0 Å². The first-order chi connectivity index (χ1) is 9.92. The van der Waals surface area contributed by atoms with E-state index in [1.807, 2.05) is 0 Å². The van der Waals surface area contributed by atoms with Crippen LogP contribution in [0.25, 0.3) is 0 Å². The van der Waals surface area contributed by atoms with Crippen molar-refractivity contribution in [1.82, 2.24) is 9.62 Å². The average Bonchev–Trinajstić information content (AvgIpc) is 2.48. The first-order valence-corrected chi connectivity index (χ1v) is 9.50. The van der Waals surface area contributed by atoms with Gasteiger partial charge in [0.2, 0.25) is 10.0 Å². The van der Waals surface area contributed by atoms with E-state index in [2.05, 4.69) is 5.32 Å². The molecule has 0 amide bonds. The molecule has 7 heteroatoms. The van der Waals surface area contributed by atoms with Crippen molar-refractivity contribution in [2.24, 2.45) is 5.92 Å². The number of aliphatic carboxylic acids is 1. The Balaban J connectivity index is 1.80. The summed E-state index contributed by atoms with van der Waals surface area (Å²) in [5.74, 6) is -0.754. The van der Waals surface area contributed by atoms with Gasteiger partial charge < -0.3 is 10.4 Å². The molecule has 1 saturated carbocycles. The molecule has 21 heavy (non-hydrogen) atoms. The maximum atomic E-state index is 11.8. The summed E-state index contributed by atoms with van der Waals surface area (Å²) in [5.41, 5.74) is 0. The van der Waals surface area contributed by atoms with Crippen LogP contribution < -0.4 is 5.32 Å². The van der Waals surface area contributed by atoms with E-state index in [9.17, 15) is 13.2 Å². The van der Waals surface area contributed by atoms with Gasteiger partial charge >= 0.3 is 5.97 Å². The van der Waals surface area contributed by atoms with E-state index in [0.29, 0.717) is 25.6 Å². The number of rotatable bonds is 5. The van der Waals surface area contributed by atoms with Gasteiger partial charge in [0.15, 0.2) is 0 Å². The Morgan fingerprint density at radius 1 is 1.19 bits per heavy atom. The lowest BCUT2D eigenvalue weighted by Crippen LogP contribution is -2.49. The Bertz CT molecular complexity index is 458. The fourth-order valence-electron chi connectivity index (χ4n) is 3.38. The highest BCUT2D eigenvalue weighted by Crippen LogP contribution is 2.26. The minimum Gasteiger partial charge on any atom is -0.481 e. The second kappa shape index (κ2) is 7.07. The van der Waals surface area contributed by atoms with Crippen molar-refractivity contribution in [2.75, 3.05) is 18.8 Å². The van der Waals surface area contributed by atoms with Crippen LogP contribution in [0.15, 0.2) is 0 Å². The van der Waals surface area contributed by atoms with Crippen LogP contribution in [0.3, 0.4) is 0 Å². The normalized spacial score (nSPS) is 29.4. The molecule has 2 aliphatic rings. The predicted octanol–water partition coefficient (Wildman–Crippen LogP) is 1.03. The van der Waals surface area contributed by atoms with Crippen LogP contribution in [-0.4, -0.2) is 54.7 Å². The number of carbonyl (C=O) groups is 1. The predicted molar refractivity (Wildman–Crippen MR) is 80.6 cm³/mol. The molecule has 0 radical (unpaired) electrons. The number of nitrogens with one attached hydrogen (secondary N) is 1. The molecule has 0 spiro atoms. The smallest absolute Gasteiger partial charge is 0.306 e. The van der Waals surface area contributed by atoms with Crippen LogP contribution in [-0.2, 0) is 14.8 Å². The fraction of sp³-hybridized carbons (Fsp3) is 0.929. The number of sulfonamides is 1. The molecule has 1 saturated heterocycles. The van der Waals surface area contributed by atoms with Crippen molar-refractivity contribution in [1.29, 1.82) is 0 Å². The minimum absolute atomic E-state index is 0.161. The van der Waals surface area contributed by atoms with Crippen LogP contribution in [0.4, 0.5) is 0 Å². The number of piperidine rings is 1. The Labute approximate surface area is 126 Å². The van der Waals surface area contributed by atoms with Gasteiger partial charge in [0.25, 0.3) is 0 Å². The molecular weight excluding hydrogens is 292 g/mol. The molecule has 1 aliphatic heterocycles. The second-order valence-electron chi connectivity index (χ2n) is 6.14. The Hall–Kier alpha value is -0.660. The highest BCUT2D eigenvalue weighted by Gasteiger charge is 2.31. The molecule has 0 aromatic carbocycles. The van der Waals surface area contributed by atoms with E-state index in [4.69, 9.17) is 5.11 Å². The van der Waals surface area contributed by atoms with Crippen LogP contribution in [0.2, 0.25) is 0 Å². The van der Waals surface area contributed by atoms with Crippen LogP contribution in [0, 0.1) is 5.92 Å². The second-order valence-corrected chi connectivity index (χ2v) is 8.40. The minimum atomic E-state index is -3.07. The average molecular weight is 318 g/mol. The Morgan fingerprint density at radius 3 is 2.43 bits per heavy atom. The van der Waals surface area contributed by atoms with Gasteiger partial charge in [-0.3, -0.25) is 4.79 Å². The lowest BCUT2D eigenvalue weighted by molar-refractivity contribution is -0.143. The van der Waals surface area contributed by atoms with Gasteiger partial charge in [-0.05, 0) is 39.0 Å². The van der Waals surface area contributed by atoms with E-state index in [0.717, 1.165) is 32.1 Å². The van der Waals surface area contributed by atoms with Gasteiger partial charge in [-0.1, -0.05) is 6.42 Å². The monoisotopic (exact) mass is 318 g/mol. The summed E-state index contributed by atoms with van der Waals surface area (Å²) in [5, 5.41) is 12.7. The molecule has 2 rings (SSSR count). The molecule has 2 unspecified atom stereocenters. The number of carboxylic acid groups (broad SMARTS) is 1. The zero-order valence-corrected chi connectivity index (χ0v) is 13.4. The third-order valence-electron chi connectivity index (χ3n) is 4.71. The zero-order chi connectivity index (χ0) is 15.5. The number of nitrogens with zero attached hydrogens (tertiary/aromatic N) is 1. The SMILES string of the molecule is CCS(=O)(=O)N1CCC(NC2CCCC(C(=O)O)C2)CC1. The summed E-state index contributed by atoms with van der Waals surface area (Å²) in [6.45, 7) is 2.82. The zero-order valence-electron chi connectivity index (χ0n) is 12.6. The summed E-state index contributed by atoms with van der Waals surface area (Å²) in [4.78, 5) is 11.1. The molecule has 122 valence electrons. The summed E-state index contributed by atoms with van der Waals surface area (Å²) in [6, 6.07) is 0.574. The summed E-state index contributed by atoms with van der Waals surface area (Å²) < 4.78 is 25.2. The first kappa shape index (κ1) is 16.7. The maximum absolute atomic E-state index is 11.8. The highest BCUT2D eigenvalue weighted by molar-refractivity contribution is 7.89. The van der Waals surface area contributed by atoms with Crippen LogP contribution in [0.1, 0.15) is 45.4 Å². The van der Waals surface area contributed by atoms with Crippen molar-refractivity contribution in [3.05, 3.63) is 0 Å². The van der Waals surface area contributed by atoms with Gasteiger partial charge in [0, 0.05) is 25.2 Å². The molecule has 0 bridgehead atoms. The standard InChI is InChI=1S/C14H26N2O4S/c1-2-21(19,20)16-8-6-12(7-9-16)15-13-5-3-4-11(10-13)14(17)18/h11-13,15H,2-10H2,1H3,(H,17,18). The first-order valence-electron chi connectivity index (χ1n) is 7.89. The van der Waals surface area contributed by atoms with Gasteiger partial charge in [-0.2, -0.15) is 0 Å². The molecule has 1 heterocycles. The van der Waals surface area contributed by atoms with Gasteiger partial charge in [-0.15, -0.1) is 0 Å². The largest absolute Gasteiger partial charge is 0.481 e. The molecule has 2 fully saturated rings. The third-order valence-corrected chi connectivity index (χ3v) is 6.59. The Kier molecular flexibility index (Phi) is 5.62. The molecule has 0 aromatic heterocycles. The van der Waals surface area contributed by atoms with E-state index in [1.165, 1.54) is 0 Å². The van der Waals surface area contributed by atoms with Gasteiger partial charge in [-0.25, -0.2) is 12.7 Å². The van der Waals surface area contributed by atoms with Crippen molar-refractivity contribution in [3.63, 3.8) is 0 Å². The number of hydrogen-bond acceptors (Lipinski definition) is 4. The van der Waals surface area contributed by atoms with Crippen LogP contribution >= 0.6 is 0 Å². The van der Waals surface area contributed by atoms with Crippen molar-refractivity contribution in [2.45, 2.75) is 57.5 Å². The van der Waals surface area contributed by atoms with E-state index in [1.54, 1.807) is 11.2 Å². The van der Waals surface area contributed by atoms with Crippen LogP contribution in [0.5, 0.6) is 0 Å². The lowest BCUT2D eigenvalue weighted by Gasteiger charge is -2.36. The topological polar surface area (TPSA) is 86.7 Å². The summed E-state index contributed by atoms with van der Waals surface area (Å²) >= 11 is 0. The third kappa shape index (κ3) is 4.40. The molecule has 2 atom stereocenters. The van der Waals surface area contributed by atoms with Gasteiger partial charge in [0.1, 0.15) is 0 Å².